The number of hydrogen-bond acceptors (Lipinski definition) is 6. The number of rotatable bonds is 4. The fourth-order valence-corrected chi connectivity index (χ4v) is 3.43. The molecule has 8 heteroatoms. The lowest BCUT2D eigenvalue weighted by atomic mass is 10.1. The first-order valence-electron chi connectivity index (χ1n) is 10.1. The molecule has 2 N–H and O–H groups in total. The van der Waals surface area contributed by atoms with E-state index in [0.29, 0.717) is 22.9 Å². The highest BCUT2D eigenvalue weighted by Crippen LogP contribution is 2.22. The number of amides is 2. The van der Waals surface area contributed by atoms with Gasteiger partial charge < -0.3 is 10.6 Å². The zero-order valence-corrected chi connectivity index (χ0v) is 18.2. The predicted molar refractivity (Wildman–Crippen MR) is 126 cm³/mol. The largest absolute Gasteiger partial charge is 0.311 e. The van der Waals surface area contributed by atoms with Gasteiger partial charge in [0.05, 0.1) is 11.4 Å². The molecule has 0 aliphatic heterocycles. The summed E-state index contributed by atoms with van der Waals surface area (Å²) in [6.45, 7) is 6.87. The van der Waals surface area contributed by atoms with Gasteiger partial charge in [0.1, 0.15) is 11.6 Å². The molecular weight excluding hydrogens is 404 g/mol. The number of carbonyl (C=O) groups is 2. The van der Waals surface area contributed by atoms with Gasteiger partial charge in [-0.25, -0.2) is 19.9 Å². The molecule has 0 aromatic carbocycles. The van der Waals surface area contributed by atoms with Crippen molar-refractivity contribution in [3.05, 3.63) is 58.9 Å². The number of aryl methyl sites for hydroxylation is 2. The first-order valence-corrected chi connectivity index (χ1v) is 10.1. The van der Waals surface area contributed by atoms with Crippen molar-refractivity contribution in [2.24, 2.45) is 0 Å². The third-order valence-corrected chi connectivity index (χ3v) is 4.83. The SMILES string of the molecule is CC(=O)Nc1ccc2c(C)cc(/C=C/c3cc(C)c4ccc(NC(C)=O)nc4n3)nc2n1. The van der Waals surface area contributed by atoms with Crippen molar-refractivity contribution in [3.63, 3.8) is 0 Å². The number of carbonyl (C=O) groups excluding carboxylic acids is 2. The fourth-order valence-electron chi connectivity index (χ4n) is 3.43. The van der Waals surface area contributed by atoms with Crippen LogP contribution in [-0.2, 0) is 9.59 Å². The smallest absolute Gasteiger partial charge is 0.222 e. The Morgan fingerprint density at radius 1 is 0.688 bits per heavy atom. The van der Waals surface area contributed by atoms with Crippen molar-refractivity contribution in [1.82, 2.24) is 19.9 Å². The standard InChI is InChI=1S/C24H22N6O2/c1-13-11-17(27-23-19(13)7-9-21(29-23)25-15(3)31)5-6-18-12-14(2)20-8-10-22(26-16(4)32)30-24(20)28-18/h5-12H,1-4H3,(H,25,27,29,31)(H,26,28,30,32)/b6-5+. The molecule has 4 aromatic heterocycles. The topological polar surface area (TPSA) is 110 Å². The van der Waals surface area contributed by atoms with Gasteiger partial charge in [-0.2, -0.15) is 0 Å². The van der Waals surface area contributed by atoms with Crippen LogP contribution in [0, 0.1) is 13.8 Å². The van der Waals surface area contributed by atoms with Crippen molar-refractivity contribution in [2.75, 3.05) is 10.6 Å². The normalized spacial score (nSPS) is 11.2. The van der Waals surface area contributed by atoms with Crippen LogP contribution in [0.3, 0.4) is 0 Å². The average Bonchev–Trinajstić information content (AvgIpc) is 2.71. The quantitative estimate of drug-likeness (QED) is 0.504. The van der Waals surface area contributed by atoms with Crippen molar-refractivity contribution in [1.29, 1.82) is 0 Å². The minimum Gasteiger partial charge on any atom is -0.311 e. The number of hydrogen-bond donors (Lipinski definition) is 2. The van der Waals surface area contributed by atoms with E-state index >= 15 is 0 Å². The minimum atomic E-state index is -0.183. The Labute approximate surface area is 184 Å². The highest BCUT2D eigenvalue weighted by molar-refractivity contribution is 5.91. The maximum Gasteiger partial charge on any atom is 0.222 e. The number of anilines is 2. The Morgan fingerprint density at radius 3 is 1.47 bits per heavy atom. The van der Waals surface area contributed by atoms with Crippen LogP contribution in [0.1, 0.15) is 36.4 Å². The zero-order chi connectivity index (χ0) is 22.8. The monoisotopic (exact) mass is 426 g/mol. The maximum atomic E-state index is 11.3. The lowest BCUT2D eigenvalue weighted by Crippen LogP contribution is -2.07. The van der Waals surface area contributed by atoms with Gasteiger partial charge in [0.25, 0.3) is 0 Å². The lowest BCUT2D eigenvalue weighted by molar-refractivity contribution is -0.115. The van der Waals surface area contributed by atoms with E-state index in [-0.39, 0.29) is 11.8 Å². The summed E-state index contributed by atoms with van der Waals surface area (Å²) >= 11 is 0. The number of fused-ring (bicyclic) bond motifs is 2. The van der Waals surface area contributed by atoms with Gasteiger partial charge >= 0.3 is 0 Å². The molecular formula is C24H22N6O2. The third-order valence-electron chi connectivity index (χ3n) is 4.83. The molecule has 0 saturated heterocycles. The van der Waals surface area contributed by atoms with E-state index in [2.05, 4.69) is 30.6 Å². The molecule has 160 valence electrons. The van der Waals surface area contributed by atoms with Crippen LogP contribution in [0.2, 0.25) is 0 Å². The summed E-state index contributed by atoms with van der Waals surface area (Å²) in [5, 5.41) is 7.21. The van der Waals surface area contributed by atoms with E-state index < -0.39 is 0 Å². The van der Waals surface area contributed by atoms with E-state index in [1.54, 1.807) is 12.1 Å². The van der Waals surface area contributed by atoms with Gasteiger partial charge in [-0.1, -0.05) is 0 Å². The summed E-state index contributed by atoms with van der Waals surface area (Å²) in [6, 6.07) is 11.3. The van der Waals surface area contributed by atoms with E-state index in [0.717, 1.165) is 33.3 Å². The van der Waals surface area contributed by atoms with Gasteiger partial charge in [0.2, 0.25) is 11.8 Å². The molecule has 4 rings (SSSR count). The van der Waals surface area contributed by atoms with E-state index in [1.807, 2.05) is 50.3 Å². The number of pyridine rings is 4. The lowest BCUT2D eigenvalue weighted by Gasteiger charge is -2.07. The summed E-state index contributed by atoms with van der Waals surface area (Å²) in [7, 11) is 0. The zero-order valence-electron chi connectivity index (χ0n) is 18.2. The van der Waals surface area contributed by atoms with Crippen LogP contribution in [0.4, 0.5) is 11.6 Å². The Morgan fingerprint density at radius 2 is 1.09 bits per heavy atom. The number of nitrogens with one attached hydrogen (secondary N) is 2. The van der Waals surface area contributed by atoms with Gasteiger partial charge in [-0.05, 0) is 73.5 Å². The third kappa shape index (κ3) is 4.59. The molecule has 8 nitrogen and oxygen atoms in total. The van der Waals surface area contributed by atoms with Crippen molar-refractivity contribution in [2.45, 2.75) is 27.7 Å². The van der Waals surface area contributed by atoms with E-state index in [9.17, 15) is 9.59 Å². The first-order chi connectivity index (χ1) is 15.3. The summed E-state index contributed by atoms with van der Waals surface area (Å²) in [5.41, 5.74) is 4.62. The molecule has 0 saturated carbocycles. The highest BCUT2D eigenvalue weighted by atomic mass is 16.2. The number of aromatic nitrogens is 4. The predicted octanol–water partition coefficient (Wildman–Crippen LogP) is 4.28. The molecule has 4 heterocycles. The summed E-state index contributed by atoms with van der Waals surface area (Å²) in [4.78, 5) is 40.7. The van der Waals surface area contributed by atoms with Crippen molar-refractivity contribution < 1.29 is 9.59 Å². The van der Waals surface area contributed by atoms with E-state index in [1.165, 1.54) is 13.8 Å². The molecule has 32 heavy (non-hydrogen) atoms. The molecule has 0 bridgehead atoms. The fraction of sp³-hybridized carbons (Fsp3) is 0.167. The van der Waals surface area contributed by atoms with Crippen LogP contribution in [0.25, 0.3) is 34.2 Å². The summed E-state index contributed by atoms with van der Waals surface area (Å²) in [5.74, 6) is 0.562. The second-order valence-electron chi connectivity index (χ2n) is 7.56. The van der Waals surface area contributed by atoms with Gasteiger partial charge in [-0.15, -0.1) is 0 Å². The average molecular weight is 426 g/mol. The Kier molecular flexibility index (Phi) is 5.59. The molecule has 0 radical (unpaired) electrons. The van der Waals surface area contributed by atoms with Crippen LogP contribution in [0.15, 0.2) is 36.4 Å². The minimum absolute atomic E-state index is 0.183. The van der Waals surface area contributed by atoms with Gasteiger partial charge in [0, 0.05) is 24.6 Å². The number of nitrogens with zero attached hydrogens (tertiary/aromatic N) is 4. The van der Waals surface area contributed by atoms with Gasteiger partial charge in [0.15, 0.2) is 11.3 Å². The molecule has 0 atom stereocenters. The van der Waals surface area contributed by atoms with Gasteiger partial charge in [-0.3, -0.25) is 9.59 Å². The molecule has 0 unspecified atom stereocenters. The second kappa shape index (κ2) is 8.50. The van der Waals surface area contributed by atoms with Crippen LogP contribution < -0.4 is 10.6 Å². The van der Waals surface area contributed by atoms with Crippen LogP contribution in [0.5, 0.6) is 0 Å². The van der Waals surface area contributed by atoms with Crippen molar-refractivity contribution in [3.8, 4) is 0 Å². The molecule has 0 spiro atoms. The summed E-state index contributed by atoms with van der Waals surface area (Å²) < 4.78 is 0. The Bertz CT molecular complexity index is 1300. The first kappa shape index (κ1) is 21.0. The Hall–Kier alpha value is -4.20. The van der Waals surface area contributed by atoms with Crippen LogP contribution in [-0.4, -0.2) is 31.8 Å². The summed E-state index contributed by atoms with van der Waals surface area (Å²) in [6.07, 6.45) is 3.73. The molecule has 2 amide bonds. The van der Waals surface area contributed by atoms with Crippen molar-refractivity contribution >= 4 is 57.7 Å². The molecule has 0 aliphatic rings. The van der Waals surface area contributed by atoms with E-state index in [4.69, 9.17) is 0 Å². The molecule has 0 aliphatic carbocycles. The molecule has 0 fully saturated rings. The highest BCUT2D eigenvalue weighted by Gasteiger charge is 2.07. The maximum absolute atomic E-state index is 11.3. The Balaban J connectivity index is 1.69. The molecule has 4 aromatic rings. The second-order valence-corrected chi connectivity index (χ2v) is 7.56. The van der Waals surface area contributed by atoms with Crippen LogP contribution >= 0.6 is 0 Å².